The standard InChI is InChI=1S/C36H55NO5S/c1-5-24-21-29-31-13-12-30(35(31,3)18-15-32(29)36(4)17-14-27(38)22-33(24)36)23(2)16-19-42-34(39)37-43(40,41)28-11-10-25-8-6-7-9-26(25)20-28/h10-11,20,23-24,27,29-33,38H,5-9,12-19,21-22H2,1-4H3,(H,37,39)/t23-,24+,27-,29?,30?,31?,32?,33?,35-,36?/m1/s1. The minimum absolute atomic E-state index is 0.109. The molecule has 5 aliphatic rings. The normalized spacial score (nSPS) is 39.5. The van der Waals surface area contributed by atoms with Crippen LogP contribution < -0.4 is 4.72 Å². The minimum Gasteiger partial charge on any atom is -0.449 e. The lowest BCUT2D eigenvalue weighted by molar-refractivity contribution is -0.152. The fraction of sp³-hybridized carbons (Fsp3) is 0.806. The first-order valence-electron chi connectivity index (χ1n) is 17.5. The summed E-state index contributed by atoms with van der Waals surface area (Å²) in [5.74, 6) is 4.73. The van der Waals surface area contributed by atoms with Crippen molar-refractivity contribution in [1.29, 1.82) is 0 Å². The van der Waals surface area contributed by atoms with Crippen LogP contribution in [-0.4, -0.2) is 32.3 Å². The highest BCUT2D eigenvalue weighted by atomic mass is 32.2. The van der Waals surface area contributed by atoms with Gasteiger partial charge in [0.05, 0.1) is 17.6 Å². The predicted molar refractivity (Wildman–Crippen MR) is 169 cm³/mol. The van der Waals surface area contributed by atoms with Gasteiger partial charge in [-0.2, -0.15) is 0 Å². The van der Waals surface area contributed by atoms with Crippen molar-refractivity contribution in [3.05, 3.63) is 29.3 Å². The summed E-state index contributed by atoms with van der Waals surface area (Å²) < 4.78 is 33.4. The molecular formula is C36H55NO5S. The smallest absolute Gasteiger partial charge is 0.421 e. The molecule has 4 fully saturated rings. The molecule has 6 nitrogen and oxygen atoms in total. The number of amides is 1. The van der Waals surface area contributed by atoms with Crippen molar-refractivity contribution in [2.75, 3.05) is 6.61 Å². The predicted octanol–water partition coefficient (Wildman–Crippen LogP) is 7.66. The molecule has 0 saturated heterocycles. The quantitative estimate of drug-likeness (QED) is 0.329. The van der Waals surface area contributed by atoms with Gasteiger partial charge >= 0.3 is 6.09 Å². The van der Waals surface area contributed by atoms with E-state index in [4.69, 9.17) is 4.74 Å². The zero-order chi connectivity index (χ0) is 30.6. The van der Waals surface area contributed by atoms with Crippen LogP contribution >= 0.6 is 0 Å². The van der Waals surface area contributed by atoms with E-state index in [9.17, 15) is 18.3 Å². The van der Waals surface area contributed by atoms with Crippen LogP contribution in [0.15, 0.2) is 23.1 Å². The third kappa shape index (κ3) is 5.68. The van der Waals surface area contributed by atoms with Gasteiger partial charge in [-0.3, -0.25) is 0 Å². The number of aliphatic hydroxyl groups is 1. The zero-order valence-corrected chi connectivity index (χ0v) is 27.8. The lowest BCUT2D eigenvalue weighted by atomic mass is 9.42. The van der Waals surface area contributed by atoms with Gasteiger partial charge in [0, 0.05) is 0 Å². The van der Waals surface area contributed by atoms with Gasteiger partial charge in [-0.05, 0) is 159 Å². The van der Waals surface area contributed by atoms with E-state index >= 15 is 0 Å². The molecule has 6 rings (SSSR count). The largest absolute Gasteiger partial charge is 0.449 e. The Bertz CT molecular complexity index is 1300. The van der Waals surface area contributed by atoms with E-state index in [1.54, 1.807) is 12.1 Å². The summed E-state index contributed by atoms with van der Waals surface area (Å²) in [6.07, 6.45) is 14.6. The molecule has 1 aromatic rings. The van der Waals surface area contributed by atoms with E-state index in [0.29, 0.717) is 28.6 Å². The Balaban J connectivity index is 1.05. The lowest BCUT2D eigenvalue weighted by Gasteiger charge is -2.63. The number of benzene rings is 1. The van der Waals surface area contributed by atoms with Gasteiger partial charge in [0.15, 0.2) is 0 Å². The van der Waals surface area contributed by atoms with Gasteiger partial charge in [-0.15, -0.1) is 0 Å². The van der Waals surface area contributed by atoms with Crippen molar-refractivity contribution in [3.8, 4) is 0 Å². The van der Waals surface area contributed by atoms with Crippen molar-refractivity contribution in [2.45, 2.75) is 129 Å². The van der Waals surface area contributed by atoms with Crippen molar-refractivity contribution in [3.63, 3.8) is 0 Å². The molecule has 10 atom stereocenters. The average Bonchev–Trinajstić information content (AvgIpc) is 3.34. The highest BCUT2D eigenvalue weighted by Crippen LogP contribution is 2.69. The Morgan fingerprint density at radius 3 is 2.49 bits per heavy atom. The molecule has 1 amide bonds. The summed E-state index contributed by atoms with van der Waals surface area (Å²) in [7, 11) is -3.96. The van der Waals surface area contributed by atoms with Crippen LogP contribution in [0.4, 0.5) is 4.79 Å². The minimum atomic E-state index is -3.96. The van der Waals surface area contributed by atoms with E-state index in [1.165, 1.54) is 50.5 Å². The van der Waals surface area contributed by atoms with Crippen LogP contribution in [0.3, 0.4) is 0 Å². The molecule has 0 heterocycles. The van der Waals surface area contributed by atoms with Crippen LogP contribution in [0.2, 0.25) is 0 Å². The summed E-state index contributed by atoms with van der Waals surface area (Å²) >= 11 is 0. The summed E-state index contributed by atoms with van der Waals surface area (Å²) in [5, 5.41) is 10.5. The van der Waals surface area contributed by atoms with E-state index in [-0.39, 0.29) is 17.6 Å². The first-order chi connectivity index (χ1) is 20.5. The number of nitrogens with one attached hydrogen (secondary N) is 1. The summed E-state index contributed by atoms with van der Waals surface area (Å²) in [6.45, 7) is 10.0. The van der Waals surface area contributed by atoms with Crippen molar-refractivity contribution < 1.29 is 23.1 Å². The SMILES string of the molecule is CC[C@H]1CC2C(CC[C@@]3(C)C2CCC3[C@H](C)CCOC(=O)NS(=O)(=O)c2ccc3c(c2)CCCC3)C2(C)CC[C@@H](O)CC12. The molecule has 240 valence electrons. The van der Waals surface area contributed by atoms with Crippen LogP contribution in [0, 0.1) is 52.3 Å². The van der Waals surface area contributed by atoms with Crippen molar-refractivity contribution in [2.24, 2.45) is 52.3 Å². The molecule has 5 aliphatic carbocycles. The van der Waals surface area contributed by atoms with Gasteiger partial charge in [0.25, 0.3) is 10.0 Å². The molecule has 1 aromatic carbocycles. The van der Waals surface area contributed by atoms with Crippen LogP contribution in [0.1, 0.15) is 116 Å². The number of ether oxygens (including phenoxy) is 1. The van der Waals surface area contributed by atoms with E-state index in [2.05, 4.69) is 32.4 Å². The summed E-state index contributed by atoms with van der Waals surface area (Å²) in [5.41, 5.74) is 2.96. The number of aryl methyl sites for hydroxylation is 2. The molecule has 0 radical (unpaired) electrons. The zero-order valence-electron chi connectivity index (χ0n) is 26.9. The second kappa shape index (κ2) is 12.0. The van der Waals surface area contributed by atoms with E-state index in [1.807, 2.05) is 6.07 Å². The molecule has 0 aromatic heterocycles. The second-order valence-electron chi connectivity index (χ2n) is 15.7. The van der Waals surface area contributed by atoms with E-state index in [0.717, 1.165) is 74.2 Å². The Hall–Kier alpha value is -1.60. The van der Waals surface area contributed by atoms with Crippen molar-refractivity contribution in [1.82, 2.24) is 4.72 Å². The lowest BCUT2D eigenvalue weighted by Crippen LogP contribution is -2.56. The third-order valence-corrected chi connectivity index (χ3v) is 15.1. The second-order valence-corrected chi connectivity index (χ2v) is 17.4. The highest BCUT2D eigenvalue weighted by Gasteiger charge is 2.62. The molecule has 4 saturated carbocycles. The Morgan fingerprint density at radius 2 is 1.72 bits per heavy atom. The average molecular weight is 614 g/mol. The topological polar surface area (TPSA) is 92.7 Å². The first-order valence-corrected chi connectivity index (χ1v) is 18.9. The summed E-state index contributed by atoms with van der Waals surface area (Å²) in [4.78, 5) is 12.7. The van der Waals surface area contributed by atoms with Crippen LogP contribution in [-0.2, 0) is 27.6 Å². The number of fused-ring (bicyclic) bond motifs is 6. The molecule has 7 heteroatoms. The molecule has 6 unspecified atom stereocenters. The number of aliphatic hydroxyl groups excluding tert-OH is 1. The molecular weight excluding hydrogens is 558 g/mol. The number of hydrogen-bond donors (Lipinski definition) is 2. The van der Waals surface area contributed by atoms with Gasteiger partial charge in [0.1, 0.15) is 0 Å². The number of hydrogen-bond acceptors (Lipinski definition) is 5. The van der Waals surface area contributed by atoms with E-state index < -0.39 is 16.1 Å². The molecule has 43 heavy (non-hydrogen) atoms. The molecule has 0 aliphatic heterocycles. The highest BCUT2D eigenvalue weighted by molar-refractivity contribution is 7.90. The molecule has 0 bridgehead atoms. The Morgan fingerprint density at radius 1 is 1.00 bits per heavy atom. The van der Waals surface area contributed by atoms with Gasteiger partial charge in [0.2, 0.25) is 0 Å². The molecule has 0 spiro atoms. The fourth-order valence-electron chi connectivity index (χ4n) is 11.5. The Labute approximate surface area is 260 Å². The maximum Gasteiger partial charge on any atom is 0.421 e. The fourth-order valence-corrected chi connectivity index (χ4v) is 12.5. The van der Waals surface area contributed by atoms with Gasteiger partial charge in [-0.1, -0.05) is 40.2 Å². The Kier molecular flexibility index (Phi) is 8.73. The number of carbonyl (C=O) groups excluding carboxylic acids is 1. The monoisotopic (exact) mass is 613 g/mol. The van der Waals surface area contributed by atoms with Crippen molar-refractivity contribution >= 4 is 16.1 Å². The number of carbonyl (C=O) groups is 1. The van der Waals surface area contributed by atoms with Gasteiger partial charge < -0.3 is 9.84 Å². The molecule has 2 N–H and O–H groups in total. The third-order valence-electron chi connectivity index (χ3n) is 13.8. The maximum absolute atomic E-state index is 12.9. The maximum atomic E-state index is 12.9. The number of sulfonamides is 1. The van der Waals surface area contributed by atoms with Crippen LogP contribution in [0.5, 0.6) is 0 Å². The number of rotatable bonds is 7. The summed E-state index contributed by atoms with van der Waals surface area (Å²) in [6, 6.07) is 5.19. The van der Waals surface area contributed by atoms with Crippen LogP contribution in [0.25, 0.3) is 0 Å². The van der Waals surface area contributed by atoms with Gasteiger partial charge in [-0.25, -0.2) is 17.9 Å². The first kappa shape index (κ1) is 31.4.